The molecule has 2 rings (SSSR count). The summed E-state index contributed by atoms with van der Waals surface area (Å²) in [5.74, 6) is -0.752. The van der Waals surface area contributed by atoms with Gasteiger partial charge in [0.25, 0.3) is 0 Å². The van der Waals surface area contributed by atoms with Gasteiger partial charge in [0.2, 0.25) is 5.91 Å². The van der Waals surface area contributed by atoms with E-state index in [1.54, 1.807) is 18.2 Å². The van der Waals surface area contributed by atoms with Crippen molar-refractivity contribution < 1.29 is 22.7 Å². The number of carbonyl (C=O) groups is 1. The molecule has 2 aromatic carbocycles. The smallest absolute Gasteiger partial charge is 0.224 e. The Morgan fingerprint density at radius 1 is 1.00 bits per heavy atom. The number of para-hydroxylation sites is 2. The summed E-state index contributed by atoms with van der Waals surface area (Å²) >= 11 is 0. The molecule has 7 heteroatoms. The number of amides is 1. The molecule has 5 nitrogen and oxygen atoms in total. The number of hydrogen-bond acceptors (Lipinski definition) is 4. The first-order valence-corrected chi connectivity index (χ1v) is 9.60. The summed E-state index contributed by atoms with van der Waals surface area (Å²) in [6, 6.07) is 11.2. The molecule has 25 heavy (non-hydrogen) atoms. The van der Waals surface area contributed by atoms with Crippen LogP contribution in [0.15, 0.2) is 53.4 Å². The van der Waals surface area contributed by atoms with Crippen molar-refractivity contribution in [1.29, 1.82) is 0 Å². The summed E-state index contributed by atoms with van der Waals surface area (Å²) < 4.78 is 37.0. The fourth-order valence-corrected chi connectivity index (χ4v) is 3.68. The number of halogens is 1. The molecule has 0 aromatic heterocycles. The van der Waals surface area contributed by atoms with Crippen molar-refractivity contribution in [3.05, 3.63) is 54.3 Å². The van der Waals surface area contributed by atoms with E-state index in [0.29, 0.717) is 24.9 Å². The summed E-state index contributed by atoms with van der Waals surface area (Å²) in [4.78, 5) is 11.9. The fraction of sp³-hybridized carbons (Fsp3) is 0.278. The minimum atomic E-state index is -3.43. The van der Waals surface area contributed by atoms with E-state index in [1.165, 1.54) is 18.2 Å². The Bertz CT molecular complexity index is 819. The molecule has 1 amide bonds. The third kappa shape index (κ3) is 5.86. The number of carbonyl (C=O) groups excluding carboxylic acids is 1. The fourth-order valence-electron chi connectivity index (χ4n) is 2.31. The number of rotatable bonds is 8. The molecule has 2 aromatic rings. The number of nitrogens with one attached hydrogen (secondary N) is 1. The average molecular weight is 365 g/mol. The molecular weight excluding hydrogens is 345 g/mol. The average Bonchev–Trinajstić information content (AvgIpc) is 2.57. The first kappa shape index (κ1) is 18.9. The molecule has 0 aliphatic heterocycles. The molecule has 0 radical (unpaired) electrons. The molecule has 2 N–H and O–H groups in total. The Labute approximate surface area is 146 Å². The Kier molecular flexibility index (Phi) is 6.52. The maximum atomic E-state index is 12.8. The van der Waals surface area contributed by atoms with Gasteiger partial charge < -0.3 is 10.4 Å². The van der Waals surface area contributed by atoms with Crippen LogP contribution >= 0.6 is 0 Å². The number of aromatic hydroxyl groups is 1. The van der Waals surface area contributed by atoms with E-state index in [0.717, 1.165) is 12.1 Å². The van der Waals surface area contributed by atoms with Gasteiger partial charge in [-0.15, -0.1) is 0 Å². The second-order valence-electron chi connectivity index (χ2n) is 5.65. The van der Waals surface area contributed by atoms with Gasteiger partial charge in [-0.1, -0.05) is 18.6 Å². The van der Waals surface area contributed by atoms with Gasteiger partial charge in [-0.2, -0.15) is 0 Å². The maximum absolute atomic E-state index is 12.8. The maximum Gasteiger partial charge on any atom is 0.224 e. The standard InChI is InChI=1S/C18H20FNO4S/c19-14-9-11-15(12-10-14)25(23,24)13-5-1-2-8-18(22)20-16-6-3-4-7-17(16)21/h3-4,6-7,9-12,21H,1-2,5,8,13H2,(H,20,22). The van der Waals surface area contributed by atoms with Crippen LogP contribution in [-0.2, 0) is 14.6 Å². The molecule has 0 unspecified atom stereocenters. The van der Waals surface area contributed by atoms with E-state index < -0.39 is 15.7 Å². The zero-order valence-electron chi connectivity index (χ0n) is 13.6. The molecule has 0 bridgehead atoms. The summed E-state index contributed by atoms with van der Waals surface area (Å²) in [5, 5.41) is 12.2. The van der Waals surface area contributed by atoms with Gasteiger partial charge in [0, 0.05) is 6.42 Å². The van der Waals surface area contributed by atoms with Crippen molar-refractivity contribution >= 4 is 21.4 Å². The number of unbranched alkanes of at least 4 members (excludes halogenated alkanes) is 2. The molecule has 0 heterocycles. The van der Waals surface area contributed by atoms with Gasteiger partial charge in [0.1, 0.15) is 11.6 Å². The minimum Gasteiger partial charge on any atom is -0.506 e. The van der Waals surface area contributed by atoms with Gasteiger partial charge in [-0.3, -0.25) is 4.79 Å². The van der Waals surface area contributed by atoms with Crippen LogP contribution in [0.2, 0.25) is 0 Å². The number of phenols is 1. The minimum absolute atomic E-state index is 0.00115. The van der Waals surface area contributed by atoms with Crippen LogP contribution in [0.1, 0.15) is 25.7 Å². The van der Waals surface area contributed by atoms with Crippen LogP contribution in [0.4, 0.5) is 10.1 Å². The molecule has 0 atom stereocenters. The Morgan fingerprint density at radius 3 is 2.36 bits per heavy atom. The molecule has 134 valence electrons. The highest BCUT2D eigenvalue weighted by molar-refractivity contribution is 7.91. The molecule has 0 fully saturated rings. The summed E-state index contributed by atoms with van der Waals surface area (Å²) in [7, 11) is -3.43. The number of sulfone groups is 1. The van der Waals surface area contributed by atoms with Crippen LogP contribution in [0.5, 0.6) is 5.75 Å². The number of benzene rings is 2. The lowest BCUT2D eigenvalue weighted by atomic mass is 10.2. The first-order chi connectivity index (χ1) is 11.9. The second-order valence-corrected chi connectivity index (χ2v) is 7.76. The van der Waals surface area contributed by atoms with Crippen LogP contribution in [-0.4, -0.2) is 25.2 Å². The highest BCUT2D eigenvalue weighted by Gasteiger charge is 2.14. The topological polar surface area (TPSA) is 83.5 Å². The van der Waals surface area contributed by atoms with E-state index in [9.17, 15) is 22.7 Å². The van der Waals surface area contributed by atoms with Crippen molar-refractivity contribution in [1.82, 2.24) is 0 Å². The lowest BCUT2D eigenvalue weighted by molar-refractivity contribution is -0.116. The number of anilines is 1. The quantitative estimate of drug-likeness (QED) is 0.426. The van der Waals surface area contributed by atoms with Crippen molar-refractivity contribution in [2.45, 2.75) is 30.6 Å². The van der Waals surface area contributed by atoms with Gasteiger partial charge in [0.05, 0.1) is 16.3 Å². The normalized spacial score (nSPS) is 11.2. The Balaban J connectivity index is 1.71. The molecule has 0 spiro atoms. The molecule has 0 saturated carbocycles. The van der Waals surface area contributed by atoms with E-state index in [1.807, 2.05) is 0 Å². The van der Waals surface area contributed by atoms with E-state index in [4.69, 9.17) is 0 Å². The Hall–Kier alpha value is -2.41. The van der Waals surface area contributed by atoms with E-state index >= 15 is 0 Å². The van der Waals surface area contributed by atoms with Crippen molar-refractivity contribution in [3.63, 3.8) is 0 Å². The summed E-state index contributed by atoms with van der Waals surface area (Å²) in [6.07, 6.45) is 1.78. The third-order valence-corrected chi connectivity index (χ3v) is 5.48. The highest BCUT2D eigenvalue weighted by atomic mass is 32.2. The van der Waals surface area contributed by atoms with Crippen molar-refractivity contribution in [2.75, 3.05) is 11.1 Å². The Morgan fingerprint density at radius 2 is 1.68 bits per heavy atom. The van der Waals surface area contributed by atoms with E-state index in [-0.39, 0.29) is 28.7 Å². The summed E-state index contributed by atoms with van der Waals surface area (Å²) in [5.41, 5.74) is 0.353. The number of hydrogen-bond donors (Lipinski definition) is 2. The predicted molar refractivity (Wildman–Crippen MR) is 93.7 cm³/mol. The van der Waals surface area contributed by atoms with Gasteiger partial charge in [-0.25, -0.2) is 12.8 Å². The lowest BCUT2D eigenvalue weighted by Crippen LogP contribution is -2.11. The first-order valence-electron chi connectivity index (χ1n) is 7.95. The lowest BCUT2D eigenvalue weighted by Gasteiger charge is -2.07. The van der Waals surface area contributed by atoms with Gasteiger partial charge >= 0.3 is 0 Å². The molecule has 0 saturated heterocycles. The molecule has 0 aliphatic rings. The second kappa shape index (κ2) is 8.62. The van der Waals surface area contributed by atoms with Crippen molar-refractivity contribution in [2.24, 2.45) is 0 Å². The monoisotopic (exact) mass is 365 g/mol. The SMILES string of the molecule is O=C(CCCCCS(=O)(=O)c1ccc(F)cc1)Nc1ccccc1O. The van der Waals surface area contributed by atoms with Crippen LogP contribution in [0.25, 0.3) is 0 Å². The van der Waals surface area contributed by atoms with Gasteiger partial charge in [-0.05, 0) is 49.2 Å². The summed E-state index contributed by atoms with van der Waals surface area (Å²) in [6.45, 7) is 0. The largest absolute Gasteiger partial charge is 0.506 e. The van der Waals surface area contributed by atoms with Crippen LogP contribution in [0.3, 0.4) is 0 Å². The van der Waals surface area contributed by atoms with E-state index in [2.05, 4.69) is 5.32 Å². The predicted octanol–water partition coefficient (Wildman–Crippen LogP) is 3.50. The zero-order chi connectivity index (χ0) is 18.3. The van der Waals surface area contributed by atoms with Crippen LogP contribution < -0.4 is 5.32 Å². The third-order valence-electron chi connectivity index (χ3n) is 3.67. The zero-order valence-corrected chi connectivity index (χ0v) is 14.4. The molecule has 0 aliphatic carbocycles. The number of phenolic OH excluding ortho intramolecular Hbond substituents is 1. The molecular formula is C18H20FNO4S. The van der Waals surface area contributed by atoms with Gasteiger partial charge in [0.15, 0.2) is 9.84 Å². The van der Waals surface area contributed by atoms with Crippen molar-refractivity contribution in [3.8, 4) is 5.75 Å². The van der Waals surface area contributed by atoms with Crippen LogP contribution in [0, 0.1) is 5.82 Å². The highest BCUT2D eigenvalue weighted by Crippen LogP contribution is 2.22.